The molecule has 2 fully saturated rings. The van der Waals surface area contributed by atoms with Crippen LogP contribution in [0.2, 0.25) is 0 Å². The topological polar surface area (TPSA) is 138 Å². The molecule has 12 nitrogen and oxygen atoms in total. The Hall–Kier alpha value is -3.45. The zero-order valence-corrected chi connectivity index (χ0v) is 28.0. The number of carbonyl (C=O) groups is 3. The van der Waals surface area contributed by atoms with Crippen LogP contribution in [0.15, 0.2) is 29.2 Å². The van der Waals surface area contributed by atoms with Gasteiger partial charge in [-0.2, -0.15) is 4.90 Å². The third kappa shape index (κ3) is 7.98. The molecule has 0 bridgehead atoms. The molecule has 1 saturated heterocycles. The molecule has 1 saturated carbocycles. The number of benzene rings is 1. The van der Waals surface area contributed by atoms with E-state index in [-0.39, 0.29) is 28.1 Å². The number of ether oxygens (including phenoxy) is 2. The number of aromatic nitrogens is 1. The number of sulfonamides is 1. The molecular weight excluding hydrogens is 586 g/mol. The van der Waals surface area contributed by atoms with Crippen LogP contribution in [0.3, 0.4) is 0 Å². The van der Waals surface area contributed by atoms with Crippen molar-refractivity contribution in [3.8, 4) is 0 Å². The maximum absolute atomic E-state index is 13.6. The Morgan fingerprint density at radius 3 is 1.95 bits per heavy atom. The maximum Gasteiger partial charge on any atom is 0.425 e. The van der Waals surface area contributed by atoms with Gasteiger partial charge in [-0.05, 0) is 85.6 Å². The van der Waals surface area contributed by atoms with Crippen LogP contribution in [0.5, 0.6) is 0 Å². The summed E-state index contributed by atoms with van der Waals surface area (Å²) in [7, 11) is -3.94. The molecule has 1 aromatic carbocycles. The van der Waals surface area contributed by atoms with E-state index < -0.39 is 39.0 Å². The number of pyridine rings is 1. The van der Waals surface area contributed by atoms with E-state index in [0.29, 0.717) is 37.3 Å². The van der Waals surface area contributed by atoms with E-state index in [2.05, 4.69) is 9.71 Å². The van der Waals surface area contributed by atoms with Gasteiger partial charge in [0.1, 0.15) is 17.0 Å². The van der Waals surface area contributed by atoms with Crippen LogP contribution in [0, 0.1) is 5.92 Å². The minimum Gasteiger partial charge on any atom is -0.443 e. The lowest BCUT2D eigenvalue weighted by molar-refractivity contribution is -0.134. The smallest absolute Gasteiger partial charge is 0.425 e. The maximum atomic E-state index is 13.6. The number of hydrogen-bond donors (Lipinski definition) is 1. The first kappa shape index (κ1) is 33.4. The van der Waals surface area contributed by atoms with E-state index in [1.54, 1.807) is 53.7 Å². The molecule has 3 amide bonds. The third-order valence-corrected chi connectivity index (χ3v) is 8.86. The number of rotatable bonds is 6. The molecule has 1 aromatic heterocycles. The number of amides is 3. The number of nitrogens with zero attached hydrogens (tertiary/aromatic N) is 4. The van der Waals surface area contributed by atoms with Crippen molar-refractivity contribution in [1.82, 2.24) is 14.6 Å². The SMILES string of the molecule is CC(C)C(=O)N1CCN(c2cc(S(=O)(=O)NC3(C)CC3)cc3nc(N(C(=O)OC(C)(C)C)C(=O)OC(C)(C)C)ccc23)CC1. The van der Waals surface area contributed by atoms with E-state index >= 15 is 0 Å². The normalized spacial score (nSPS) is 17.0. The van der Waals surface area contributed by atoms with Crippen molar-refractivity contribution in [2.75, 3.05) is 36.0 Å². The Morgan fingerprint density at radius 2 is 1.48 bits per heavy atom. The van der Waals surface area contributed by atoms with Gasteiger partial charge in [0.2, 0.25) is 15.9 Å². The van der Waals surface area contributed by atoms with Crippen molar-refractivity contribution in [1.29, 1.82) is 0 Å². The molecule has 0 radical (unpaired) electrons. The Morgan fingerprint density at radius 1 is 0.932 bits per heavy atom. The summed E-state index contributed by atoms with van der Waals surface area (Å²) in [5.74, 6) is -0.120. The summed E-state index contributed by atoms with van der Waals surface area (Å²) in [5, 5.41) is 0.627. The molecule has 0 unspecified atom stereocenters. The van der Waals surface area contributed by atoms with E-state index in [4.69, 9.17) is 9.47 Å². The van der Waals surface area contributed by atoms with E-state index in [1.807, 2.05) is 30.6 Å². The quantitative estimate of drug-likeness (QED) is 0.464. The lowest BCUT2D eigenvalue weighted by Crippen LogP contribution is -2.50. The molecule has 2 aliphatic rings. The van der Waals surface area contributed by atoms with Crippen molar-refractivity contribution in [2.45, 2.75) is 96.8 Å². The molecule has 13 heteroatoms. The highest BCUT2D eigenvalue weighted by Crippen LogP contribution is 2.38. The first-order chi connectivity index (χ1) is 20.2. The second-order valence-electron chi connectivity index (χ2n) is 14.1. The lowest BCUT2D eigenvalue weighted by Gasteiger charge is -2.37. The Balaban J connectivity index is 1.81. The van der Waals surface area contributed by atoms with Gasteiger partial charge in [0.25, 0.3) is 0 Å². The first-order valence-electron chi connectivity index (χ1n) is 15.0. The molecule has 1 aliphatic carbocycles. The molecular formula is C31H45N5O7S. The number of piperazine rings is 1. The predicted molar refractivity (Wildman–Crippen MR) is 168 cm³/mol. The number of fused-ring (bicyclic) bond motifs is 1. The first-order valence-corrected chi connectivity index (χ1v) is 16.4. The summed E-state index contributed by atoms with van der Waals surface area (Å²) >= 11 is 0. The van der Waals surface area contributed by atoms with Gasteiger partial charge in [-0.1, -0.05) is 13.8 Å². The highest BCUT2D eigenvalue weighted by atomic mass is 32.2. The standard InChI is InChI=1S/C31H45N5O7S/c1-20(2)26(37)35-16-14-34(15-17-35)24-19-21(44(40,41)33-31(9)12-13-31)18-23-22(24)10-11-25(32-23)36(27(38)42-29(3,4)5)28(39)43-30(6,7)8/h10-11,18-20,33H,12-17H2,1-9H3. The molecule has 1 N–H and O–H groups in total. The van der Waals surface area contributed by atoms with E-state index in [9.17, 15) is 22.8 Å². The van der Waals surface area contributed by atoms with Crippen molar-refractivity contribution < 1.29 is 32.3 Å². The van der Waals surface area contributed by atoms with Crippen LogP contribution in [0.1, 0.15) is 75.2 Å². The highest BCUT2D eigenvalue weighted by molar-refractivity contribution is 7.89. The van der Waals surface area contributed by atoms with Crippen molar-refractivity contribution in [3.05, 3.63) is 24.3 Å². The monoisotopic (exact) mass is 631 g/mol. The minimum atomic E-state index is -3.94. The van der Waals surface area contributed by atoms with Crippen molar-refractivity contribution in [3.63, 3.8) is 0 Å². The van der Waals surface area contributed by atoms with Crippen LogP contribution in [0.25, 0.3) is 10.9 Å². The summed E-state index contributed by atoms with van der Waals surface area (Å²) in [6, 6.07) is 6.27. The van der Waals surface area contributed by atoms with Crippen molar-refractivity contribution >= 4 is 50.5 Å². The number of hydrogen-bond acceptors (Lipinski definition) is 9. The molecule has 0 spiro atoms. The van der Waals surface area contributed by atoms with Gasteiger partial charge in [-0.3, -0.25) is 4.79 Å². The fourth-order valence-corrected chi connectivity index (χ4v) is 6.31. The summed E-state index contributed by atoms with van der Waals surface area (Å²) in [6.45, 7) is 17.6. The Bertz CT molecular complexity index is 1520. The molecule has 0 atom stereocenters. The molecule has 2 aromatic rings. The zero-order chi connectivity index (χ0) is 32.8. The second kappa shape index (κ2) is 11.8. The van der Waals surface area contributed by atoms with Gasteiger partial charge in [0.05, 0.1) is 10.4 Å². The summed E-state index contributed by atoms with van der Waals surface area (Å²) in [5.41, 5.74) is -1.44. The fraction of sp³-hybridized carbons (Fsp3) is 0.613. The number of imide groups is 1. The Labute approximate surface area is 260 Å². The third-order valence-electron chi connectivity index (χ3n) is 7.24. The number of nitrogens with one attached hydrogen (secondary N) is 1. The predicted octanol–water partition coefficient (Wildman–Crippen LogP) is 5.05. The largest absolute Gasteiger partial charge is 0.443 e. The van der Waals surface area contributed by atoms with E-state index in [1.165, 1.54) is 12.1 Å². The lowest BCUT2D eigenvalue weighted by atomic mass is 10.1. The number of carbonyl (C=O) groups excluding carboxylic acids is 3. The van der Waals surface area contributed by atoms with Gasteiger partial charge >= 0.3 is 12.2 Å². The van der Waals surface area contributed by atoms with Crippen LogP contribution >= 0.6 is 0 Å². The Kier molecular flexibility index (Phi) is 8.98. The summed E-state index contributed by atoms with van der Waals surface area (Å²) in [4.78, 5) is 48.4. The summed E-state index contributed by atoms with van der Waals surface area (Å²) in [6.07, 6.45) is -0.475. The molecule has 1 aliphatic heterocycles. The fourth-order valence-electron chi connectivity index (χ4n) is 4.80. The number of anilines is 2. The van der Waals surface area contributed by atoms with Gasteiger partial charge < -0.3 is 19.3 Å². The minimum absolute atomic E-state index is 0.0135. The summed E-state index contributed by atoms with van der Waals surface area (Å²) < 4.78 is 40.9. The average molecular weight is 632 g/mol. The van der Waals surface area contributed by atoms with Crippen LogP contribution < -0.4 is 14.5 Å². The van der Waals surface area contributed by atoms with Gasteiger partial charge in [-0.25, -0.2) is 27.7 Å². The molecule has 2 heterocycles. The van der Waals surface area contributed by atoms with Gasteiger partial charge in [-0.15, -0.1) is 0 Å². The van der Waals surface area contributed by atoms with Gasteiger partial charge in [0, 0.05) is 48.7 Å². The van der Waals surface area contributed by atoms with Crippen LogP contribution in [-0.4, -0.2) is 79.3 Å². The van der Waals surface area contributed by atoms with Crippen molar-refractivity contribution in [2.24, 2.45) is 5.92 Å². The van der Waals surface area contributed by atoms with E-state index in [0.717, 1.165) is 17.7 Å². The van der Waals surface area contributed by atoms with Crippen LogP contribution in [0.4, 0.5) is 21.1 Å². The molecule has 4 rings (SSSR count). The molecule has 44 heavy (non-hydrogen) atoms. The second-order valence-corrected chi connectivity index (χ2v) is 15.8. The van der Waals surface area contributed by atoms with Gasteiger partial charge in [0.15, 0.2) is 0 Å². The highest BCUT2D eigenvalue weighted by Gasteiger charge is 2.42. The molecule has 242 valence electrons. The zero-order valence-electron chi connectivity index (χ0n) is 27.2. The average Bonchev–Trinajstić information content (AvgIpc) is 3.60. The van der Waals surface area contributed by atoms with Crippen LogP contribution in [-0.2, 0) is 24.3 Å².